The fraction of sp³-hybridized carbons (Fsp3) is 0.800. The molecular formula is C15H25N3. The molecule has 0 radical (unpaired) electrons. The van der Waals surface area contributed by atoms with Crippen molar-refractivity contribution in [3.63, 3.8) is 0 Å². The van der Waals surface area contributed by atoms with Crippen LogP contribution in [-0.2, 0) is 12.8 Å². The molecular weight excluding hydrogens is 222 g/mol. The van der Waals surface area contributed by atoms with Crippen molar-refractivity contribution in [2.24, 2.45) is 0 Å². The average Bonchev–Trinajstić information content (AvgIpc) is 3.02. The van der Waals surface area contributed by atoms with Crippen LogP contribution >= 0.6 is 0 Å². The maximum Gasteiger partial charge on any atom is 0.0954 e. The van der Waals surface area contributed by atoms with E-state index in [0.717, 1.165) is 6.54 Å². The van der Waals surface area contributed by atoms with Crippen LogP contribution in [0.4, 0.5) is 0 Å². The second-order valence-electron chi connectivity index (χ2n) is 5.81. The molecule has 3 heteroatoms. The highest BCUT2D eigenvalue weighted by molar-refractivity contribution is 5.18. The number of nitrogens with one attached hydrogen (secondary N) is 1. The molecule has 2 atom stereocenters. The third-order valence-corrected chi connectivity index (χ3v) is 4.55. The molecule has 1 fully saturated rings. The molecule has 18 heavy (non-hydrogen) atoms. The molecule has 0 saturated heterocycles. The van der Waals surface area contributed by atoms with Gasteiger partial charge in [-0.05, 0) is 57.9 Å². The first-order chi connectivity index (χ1) is 8.90. The van der Waals surface area contributed by atoms with Gasteiger partial charge in [0.2, 0.25) is 0 Å². The van der Waals surface area contributed by atoms with Crippen LogP contribution in [0.2, 0.25) is 0 Å². The fourth-order valence-electron chi connectivity index (χ4n) is 3.62. The Morgan fingerprint density at radius 3 is 3.06 bits per heavy atom. The standard InChI is InChI=1S/C15H25N3/c1-2-10-16-12-7-5-9-15(12)18-11-17-13-6-3-4-8-14(13)18/h11-12,15-16H,2-10H2,1H3. The Morgan fingerprint density at radius 1 is 1.28 bits per heavy atom. The summed E-state index contributed by atoms with van der Waals surface area (Å²) in [7, 11) is 0. The number of aromatic nitrogens is 2. The van der Waals surface area contributed by atoms with Gasteiger partial charge in [0.15, 0.2) is 0 Å². The van der Waals surface area contributed by atoms with Crippen LogP contribution in [0.1, 0.15) is 62.9 Å². The molecule has 0 bridgehead atoms. The van der Waals surface area contributed by atoms with Crippen LogP contribution in [0.25, 0.3) is 0 Å². The normalized spacial score (nSPS) is 27.4. The number of rotatable bonds is 4. The fourth-order valence-corrected chi connectivity index (χ4v) is 3.62. The Morgan fingerprint density at radius 2 is 2.17 bits per heavy atom. The quantitative estimate of drug-likeness (QED) is 0.886. The number of imidazole rings is 1. The molecule has 3 rings (SSSR count). The minimum Gasteiger partial charge on any atom is -0.330 e. The molecule has 1 saturated carbocycles. The summed E-state index contributed by atoms with van der Waals surface area (Å²) in [5.41, 5.74) is 2.92. The van der Waals surface area contributed by atoms with Gasteiger partial charge in [-0.2, -0.15) is 0 Å². The SMILES string of the molecule is CCCNC1CCCC1n1cnc2c1CCCC2. The lowest BCUT2D eigenvalue weighted by atomic mass is 10.00. The van der Waals surface area contributed by atoms with Crippen LogP contribution in [0, 0.1) is 0 Å². The third-order valence-electron chi connectivity index (χ3n) is 4.55. The first-order valence-electron chi connectivity index (χ1n) is 7.68. The van der Waals surface area contributed by atoms with Crippen LogP contribution in [0.3, 0.4) is 0 Å². The summed E-state index contributed by atoms with van der Waals surface area (Å²) >= 11 is 0. The van der Waals surface area contributed by atoms with E-state index in [1.165, 1.54) is 62.8 Å². The summed E-state index contributed by atoms with van der Waals surface area (Å²) in [5.74, 6) is 0. The molecule has 2 aliphatic carbocycles. The van der Waals surface area contributed by atoms with Crippen molar-refractivity contribution >= 4 is 0 Å². The van der Waals surface area contributed by atoms with Crippen molar-refractivity contribution in [3.05, 3.63) is 17.7 Å². The Kier molecular flexibility index (Phi) is 3.69. The lowest BCUT2D eigenvalue weighted by Gasteiger charge is -2.25. The highest BCUT2D eigenvalue weighted by Crippen LogP contribution is 2.33. The maximum atomic E-state index is 4.65. The van der Waals surface area contributed by atoms with E-state index >= 15 is 0 Å². The van der Waals surface area contributed by atoms with Gasteiger partial charge in [0, 0.05) is 11.7 Å². The summed E-state index contributed by atoms with van der Waals surface area (Å²) in [5, 5.41) is 3.73. The molecule has 0 aliphatic heterocycles. The number of nitrogens with zero attached hydrogens (tertiary/aromatic N) is 2. The maximum absolute atomic E-state index is 4.65. The van der Waals surface area contributed by atoms with Crippen LogP contribution in [-0.4, -0.2) is 22.1 Å². The smallest absolute Gasteiger partial charge is 0.0954 e. The van der Waals surface area contributed by atoms with Gasteiger partial charge < -0.3 is 9.88 Å². The minimum absolute atomic E-state index is 0.658. The largest absolute Gasteiger partial charge is 0.330 e. The summed E-state index contributed by atoms with van der Waals surface area (Å²) in [4.78, 5) is 4.65. The van der Waals surface area contributed by atoms with E-state index < -0.39 is 0 Å². The highest BCUT2D eigenvalue weighted by atomic mass is 15.1. The van der Waals surface area contributed by atoms with Crippen molar-refractivity contribution < 1.29 is 0 Å². The van der Waals surface area contributed by atoms with Crippen molar-refractivity contribution in [2.45, 2.75) is 70.4 Å². The van der Waals surface area contributed by atoms with Crippen molar-refractivity contribution in [2.75, 3.05) is 6.54 Å². The molecule has 0 amide bonds. The van der Waals surface area contributed by atoms with Crippen LogP contribution < -0.4 is 5.32 Å². The predicted octanol–water partition coefficient (Wildman–Crippen LogP) is 2.86. The summed E-state index contributed by atoms with van der Waals surface area (Å²) in [6.45, 7) is 3.40. The van der Waals surface area contributed by atoms with Gasteiger partial charge in [-0.3, -0.25) is 0 Å². The Bertz CT molecular complexity index is 396. The van der Waals surface area contributed by atoms with Crippen molar-refractivity contribution in [1.82, 2.24) is 14.9 Å². The third kappa shape index (κ3) is 2.20. The molecule has 2 aliphatic rings. The van der Waals surface area contributed by atoms with E-state index in [0.29, 0.717) is 12.1 Å². The van der Waals surface area contributed by atoms with E-state index in [2.05, 4.69) is 28.1 Å². The van der Waals surface area contributed by atoms with Gasteiger partial charge in [-0.1, -0.05) is 6.92 Å². The monoisotopic (exact) mass is 247 g/mol. The molecule has 1 N–H and O–H groups in total. The summed E-state index contributed by atoms with van der Waals surface area (Å²) < 4.78 is 2.51. The first-order valence-corrected chi connectivity index (χ1v) is 7.68. The van der Waals surface area contributed by atoms with Crippen molar-refractivity contribution in [3.8, 4) is 0 Å². The lowest BCUT2D eigenvalue weighted by Crippen LogP contribution is -2.34. The molecule has 100 valence electrons. The zero-order valence-electron chi connectivity index (χ0n) is 11.5. The minimum atomic E-state index is 0.658. The topological polar surface area (TPSA) is 29.9 Å². The number of fused-ring (bicyclic) bond motifs is 1. The predicted molar refractivity (Wildman–Crippen MR) is 73.8 cm³/mol. The summed E-state index contributed by atoms with van der Waals surface area (Å²) in [6, 6.07) is 1.33. The zero-order valence-corrected chi connectivity index (χ0v) is 11.5. The van der Waals surface area contributed by atoms with E-state index in [4.69, 9.17) is 0 Å². The molecule has 1 aromatic rings. The molecule has 1 heterocycles. The van der Waals surface area contributed by atoms with E-state index in [9.17, 15) is 0 Å². The van der Waals surface area contributed by atoms with Gasteiger partial charge in [0.1, 0.15) is 0 Å². The lowest BCUT2D eigenvalue weighted by molar-refractivity contribution is 0.382. The van der Waals surface area contributed by atoms with Crippen LogP contribution in [0.5, 0.6) is 0 Å². The molecule has 0 aromatic carbocycles. The number of aryl methyl sites for hydroxylation is 1. The molecule has 3 nitrogen and oxygen atoms in total. The Hall–Kier alpha value is -0.830. The molecule has 1 aromatic heterocycles. The second-order valence-corrected chi connectivity index (χ2v) is 5.81. The molecule has 0 spiro atoms. The Balaban J connectivity index is 1.78. The van der Waals surface area contributed by atoms with Gasteiger partial charge in [-0.25, -0.2) is 4.98 Å². The average molecular weight is 247 g/mol. The van der Waals surface area contributed by atoms with Gasteiger partial charge in [0.05, 0.1) is 18.1 Å². The first kappa shape index (κ1) is 12.2. The van der Waals surface area contributed by atoms with E-state index in [1.54, 1.807) is 0 Å². The number of hydrogen-bond donors (Lipinski definition) is 1. The van der Waals surface area contributed by atoms with E-state index in [1.807, 2.05) is 0 Å². The second kappa shape index (κ2) is 5.43. The summed E-state index contributed by atoms with van der Waals surface area (Å²) in [6.07, 6.45) is 12.5. The molecule has 2 unspecified atom stereocenters. The van der Waals surface area contributed by atoms with Crippen molar-refractivity contribution in [1.29, 1.82) is 0 Å². The van der Waals surface area contributed by atoms with Gasteiger partial charge in [0.25, 0.3) is 0 Å². The van der Waals surface area contributed by atoms with Gasteiger partial charge in [-0.15, -0.1) is 0 Å². The Labute approximate surface area is 110 Å². The van der Waals surface area contributed by atoms with Gasteiger partial charge >= 0.3 is 0 Å². The van der Waals surface area contributed by atoms with E-state index in [-0.39, 0.29) is 0 Å². The zero-order chi connectivity index (χ0) is 12.4. The van der Waals surface area contributed by atoms with Crippen LogP contribution in [0.15, 0.2) is 6.33 Å². The number of hydrogen-bond acceptors (Lipinski definition) is 2. The highest BCUT2D eigenvalue weighted by Gasteiger charge is 2.30.